The van der Waals surface area contributed by atoms with E-state index in [4.69, 9.17) is 0 Å². The van der Waals surface area contributed by atoms with Crippen LogP contribution in [0.5, 0.6) is 0 Å². The summed E-state index contributed by atoms with van der Waals surface area (Å²) in [4.78, 5) is 27.1. The highest BCUT2D eigenvalue weighted by Crippen LogP contribution is 1.92. The number of hydrogen-bond donors (Lipinski definition) is 0. The lowest BCUT2D eigenvalue weighted by atomic mass is 10.4. The smallest absolute Gasteiger partial charge is 0.368 e. The van der Waals surface area contributed by atoms with Crippen molar-refractivity contribution in [1.29, 1.82) is 0 Å². The van der Waals surface area contributed by atoms with Crippen molar-refractivity contribution in [1.82, 2.24) is 0 Å². The highest BCUT2D eigenvalue weighted by molar-refractivity contribution is 6.62. The fourth-order valence-corrected chi connectivity index (χ4v) is 0.686. The van der Waals surface area contributed by atoms with Gasteiger partial charge in [-0.05, 0) is 20.8 Å². The second kappa shape index (κ2) is 7.78. The van der Waals surface area contributed by atoms with E-state index >= 15 is 0 Å². The first-order chi connectivity index (χ1) is 7.17. The molecule has 0 aromatic heterocycles. The maximum absolute atomic E-state index is 11.2. The van der Waals surface area contributed by atoms with Crippen LogP contribution in [0.1, 0.15) is 20.8 Å². The van der Waals surface area contributed by atoms with E-state index in [1.807, 2.05) is 0 Å². The quantitative estimate of drug-likeness (QED) is 0.280. The van der Waals surface area contributed by atoms with Gasteiger partial charge in [-0.25, -0.2) is 9.59 Å². The minimum absolute atomic E-state index is 0.156. The summed E-state index contributed by atoms with van der Waals surface area (Å²) in [7, 11) is 0. The second-order valence-electron chi connectivity index (χ2n) is 2.30. The van der Waals surface area contributed by atoms with E-state index in [-0.39, 0.29) is 19.8 Å². The second-order valence-corrected chi connectivity index (χ2v) is 2.30. The number of ether oxygens (including phenoxy) is 2. The van der Waals surface area contributed by atoms with Crippen LogP contribution in [0, 0.1) is 0 Å². The van der Waals surface area contributed by atoms with Gasteiger partial charge >= 0.3 is 11.9 Å². The molecule has 0 aromatic carbocycles. The van der Waals surface area contributed by atoms with Crippen molar-refractivity contribution in [3.63, 3.8) is 0 Å². The van der Waals surface area contributed by atoms with Crippen LogP contribution in [0.4, 0.5) is 0 Å². The van der Waals surface area contributed by atoms with E-state index < -0.39 is 17.7 Å². The molecule has 0 N–H and O–H groups in total. The molecular formula is C9H15NO5. The Morgan fingerprint density at radius 2 is 1.40 bits per heavy atom. The fraction of sp³-hybridized carbons (Fsp3) is 0.667. The Balaban J connectivity index is 4.57. The average molecular weight is 217 g/mol. The Labute approximate surface area is 88.2 Å². The van der Waals surface area contributed by atoms with Gasteiger partial charge in [0.25, 0.3) is 5.71 Å². The van der Waals surface area contributed by atoms with Crippen LogP contribution in [-0.2, 0) is 23.9 Å². The summed E-state index contributed by atoms with van der Waals surface area (Å²) >= 11 is 0. The lowest BCUT2D eigenvalue weighted by molar-refractivity contribution is -0.140. The van der Waals surface area contributed by atoms with Crippen molar-refractivity contribution in [2.45, 2.75) is 20.8 Å². The van der Waals surface area contributed by atoms with E-state index in [1.54, 1.807) is 20.8 Å². The highest BCUT2D eigenvalue weighted by atomic mass is 16.6. The Kier molecular flexibility index (Phi) is 6.96. The number of nitrogens with zero attached hydrogens (tertiary/aromatic N) is 1. The van der Waals surface area contributed by atoms with Crippen molar-refractivity contribution in [2.24, 2.45) is 5.16 Å². The van der Waals surface area contributed by atoms with Gasteiger partial charge in [-0.1, -0.05) is 5.16 Å². The first kappa shape index (κ1) is 13.4. The zero-order chi connectivity index (χ0) is 11.7. The Morgan fingerprint density at radius 1 is 0.933 bits per heavy atom. The van der Waals surface area contributed by atoms with E-state index in [1.165, 1.54) is 0 Å². The molecule has 15 heavy (non-hydrogen) atoms. The maximum Gasteiger partial charge on any atom is 0.368 e. The van der Waals surface area contributed by atoms with Crippen LogP contribution < -0.4 is 0 Å². The molecule has 0 aliphatic rings. The molecule has 0 fully saturated rings. The molecule has 0 amide bonds. The molecule has 0 saturated carbocycles. The topological polar surface area (TPSA) is 74.2 Å². The minimum Gasteiger partial charge on any atom is -0.461 e. The Bertz CT molecular complexity index is 229. The molecule has 0 atom stereocenters. The van der Waals surface area contributed by atoms with Gasteiger partial charge < -0.3 is 14.3 Å². The third-order valence-electron chi connectivity index (χ3n) is 1.22. The molecule has 86 valence electrons. The molecule has 0 aromatic rings. The lowest BCUT2D eigenvalue weighted by Gasteiger charge is -2.04. The van der Waals surface area contributed by atoms with Gasteiger partial charge in [0.15, 0.2) is 0 Å². The SMILES string of the molecule is CCON=C(C(=O)OCC)C(=O)OCC. The molecule has 6 nitrogen and oxygen atoms in total. The molecular weight excluding hydrogens is 202 g/mol. The Morgan fingerprint density at radius 3 is 1.73 bits per heavy atom. The fourth-order valence-electron chi connectivity index (χ4n) is 0.686. The standard InChI is InChI=1S/C9H15NO5/c1-4-13-8(11)7(10-15-6-3)9(12)14-5-2/h4-6H2,1-3H3. The van der Waals surface area contributed by atoms with Crippen LogP contribution in [0.2, 0.25) is 0 Å². The summed E-state index contributed by atoms with van der Waals surface area (Å²) in [6.07, 6.45) is 0. The molecule has 0 rings (SSSR count). The van der Waals surface area contributed by atoms with Gasteiger partial charge in [-0.2, -0.15) is 0 Å². The van der Waals surface area contributed by atoms with Crippen molar-refractivity contribution in [2.75, 3.05) is 19.8 Å². The summed E-state index contributed by atoms with van der Waals surface area (Å²) in [6.45, 7) is 5.50. The van der Waals surface area contributed by atoms with Gasteiger partial charge in [0.05, 0.1) is 13.2 Å². The Hall–Kier alpha value is -1.59. The molecule has 0 spiro atoms. The first-order valence-corrected chi connectivity index (χ1v) is 4.71. The maximum atomic E-state index is 11.2. The van der Waals surface area contributed by atoms with E-state index in [0.717, 1.165) is 0 Å². The normalized spacial score (nSPS) is 9.00. The minimum atomic E-state index is -0.843. The van der Waals surface area contributed by atoms with Crippen molar-refractivity contribution in [3.8, 4) is 0 Å². The van der Waals surface area contributed by atoms with Gasteiger partial charge in [-0.15, -0.1) is 0 Å². The van der Waals surface area contributed by atoms with Crippen molar-refractivity contribution in [3.05, 3.63) is 0 Å². The lowest BCUT2D eigenvalue weighted by Crippen LogP contribution is -2.28. The van der Waals surface area contributed by atoms with Gasteiger partial charge in [-0.3, -0.25) is 0 Å². The molecule has 0 radical (unpaired) electrons. The number of esters is 2. The van der Waals surface area contributed by atoms with Crippen molar-refractivity contribution < 1.29 is 23.9 Å². The highest BCUT2D eigenvalue weighted by Gasteiger charge is 2.24. The summed E-state index contributed by atoms with van der Waals surface area (Å²) in [6, 6.07) is 0. The molecule has 0 aliphatic heterocycles. The predicted molar refractivity (Wildman–Crippen MR) is 52.3 cm³/mol. The van der Waals surface area contributed by atoms with E-state index in [2.05, 4.69) is 19.5 Å². The number of carbonyl (C=O) groups excluding carboxylic acids is 2. The number of rotatable bonds is 6. The first-order valence-electron chi connectivity index (χ1n) is 4.71. The van der Waals surface area contributed by atoms with E-state index in [0.29, 0.717) is 0 Å². The van der Waals surface area contributed by atoms with Crippen LogP contribution >= 0.6 is 0 Å². The van der Waals surface area contributed by atoms with E-state index in [9.17, 15) is 9.59 Å². The monoisotopic (exact) mass is 217 g/mol. The van der Waals surface area contributed by atoms with Crippen LogP contribution in [0.25, 0.3) is 0 Å². The predicted octanol–water partition coefficient (Wildman–Crippen LogP) is 0.505. The van der Waals surface area contributed by atoms with Crippen LogP contribution in [-0.4, -0.2) is 37.5 Å². The number of oxime groups is 1. The largest absolute Gasteiger partial charge is 0.461 e. The van der Waals surface area contributed by atoms with Crippen LogP contribution in [0.15, 0.2) is 5.16 Å². The summed E-state index contributed by atoms with van der Waals surface area (Å²) in [5.41, 5.74) is -0.472. The van der Waals surface area contributed by atoms with Gasteiger partial charge in [0.1, 0.15) is 6.61 Å². The third-order valence-corrected chi connectivity index (χ3v) is 1.22. The average Bonchev–Trinajstić information content (AvgIpc) is 2.19. The number of hydrogen-bond acceptors (Lipinski definition) is 6. The number of carbonyl (C=O) groups is 2. The summed E-state index contributed by atoms with van der Waals surface area (Å²) in [5.74, 6) is -1.69. The van der Waals surface area contributed by atoms with Gasteiger partial charge in [0.2, 0.25) is 0 Å². The van der Waals surface area contributed by atoms with Gasteiger partial charge in [0, 0.05) is 0 Å². The zero-order valence-electron chi connectivity index (χ0n) is 9.11. The molecule has 0 saturated heterocycles. The molecule has 0 heterocycles. The van der Waals surface area contributed by atoms with Crippen molar-refractivity contribution >= 4 is 17.7 Å². The van der Waals surface area contributed by atoms with Crippen LogP contribution in [0.3, 0.4) is 0 Å². The molecule has 0 aliphatic carbocycles. The molecule has 0 bridgehead atoms. The summed E-state index contributed by atoms with van der Waals surface area (Å²) < 4.78 is 9.24. The summed E-state index contributed by atoms with van der Waals surface area (Å²) in [5, 5.41) is 3.35. The zero-order valence-corrected chi connectivity index (χ0v) is 9.11. The molecule has 0 unspecified atom stereocenters. The molecule has 6 heteroatoms. The third kappa shape index (κ3) is 4.99.